The van der Waals surface area contributed by atoms with E-state index in [4.69, 9.17) is 5.73 Å². The number of carbonyl (C=O) groups excluding carboxylic acids is 1. The fourth-order valence-corrected chi connectivity index (χ4v) is 2.38. The van der Waals surface area contributed by atoms with Crippen LogP contribution in [0.4, 0.5) is 13.2 Å². The second kappa shape index (κ2) is 7.72. The monoisotopic (exact) mass is 282 g/mol. The number of amides is 1. The Labute approximate surface area is 113 Å². The Bertz CT molecular complexity index is 274. The van der Waals surface area contributed by atoms with Gasteiger partial charge in [-0.2, -0.15) is 13.2 Å². The van der Waals surface area contributed by atoms with Gasteiger partial charge in [0.2, 0.25) is 5.91 Å². The summed E-state index contributed by atoms with van der Waals surface area (Å²) >= 11 is 0. The molecule has 0 bridgehead atoms. The van der Waals surface area contributed by atoms with E-state index < -0.39 is 24.1 Å². The maximum absolute atomic E-state index is 12.3. The lowest BCUT2D eigenvalue weighted by atomic mass is 9.78. The minimum absolute atomic E-state index is 0.166. The van der Waals surface area contributed by atoms with Crippen molar-refractivity contribution >= 4 is 5.91 Å². The summed E-state index contributed by atoms with van der Waals surface area (Å²) in [6, 6.07) is -0.924. The van der Waals surface area contributed by atoms with Crippen molar-refractivity contribution in [2.24, 2.45) is 11.1 Å². The van der Waals surface area contributed by atoms with E-state index in [1.807, 2.05) is 13.8 Å². The van der Waals surface area contributed by atoms with Gasteiger partial charge in [-0.3, -0.25) is 4.79 Å². The average molecular weight is 282 g/mol. The third-order valence-electron chi connectivity index (χ3n) is 3.24. The predicted octanol–water partition coefficient (Wildman–Crippen LogP) is 2.99. The predicted molar refractivity (Wildman–Crippen MR) is 69.6 cm³/mol. The molecule has 0 rings (SSSR count). The Kier molecular flexibility index (Phi) is 7.41. The van der Waals surface area contributed by atoms with Crippen LogP contribution in [0, 0.1) is 5.41 Å². The molecule has 1 unspecified atom stereocenters. The Morgan fingerprint density at radius 2 is 1.68 bits per heavy atom. The molecule has 19 heavy (non-hydrogen) atoms. The highest BCUT2D eigenvalue weighted by atomic mass is 19.4. The summed E-state index contributed by atoms with van der Waals surface area (Å²) in [4.78, 5) is 12.2. The topological polar surface area (TPSA) is 55.1 Å². The number of rotatable bonds is 8. The summed E-state index contributed by atoms with van der Waals surface area (Å²) in [6.07, 6.45) is -2.54. The molecule has 0 aliphatic heterocycles. The van der Waals surface area contributed by atoms with Crippen LogP contribution in [0.3, 0.4) is 0 Å². The van der Waals surface area contributed by atoms with Crippen molar-refractivity contribution in [2.75, 3.05) is 6.54 Å². The van der Waals surface area contributed by atoms with Crippen molar-refractivity contribution in [3.05, 3.63) is 0 Å². The molecule has 3 nitrogen and oxygen atoms in total. The van der Waals surface area contributed by atoms with Gasteiger partial charge in [-0.15, -0.1) is 0 Å². The minimum atomic E-state index is -4.27. The van der Waals surface area contributed by atoms with Crippen molar-refractivity contribution in [2.45, 2.75) is 65.1 Å². The van der Waals surface area contributed by atoms with Gasteiger partial charge in [-0.1, -0.05) is 26.7 Å². The highest BCUT2D eigenvalue weighted by molar-refractivity contribution is 5.83. The zero-order valence-corrected chi connectivity index (χ0v) is 11.9. The highest BCUT2D eigenvalue weighted by Gasteiger charge is 2.37. The third kappa shape index (κ3) is 6.27. The van der Waals surface area contributed by atoms with E-state index in [1.165, 1.54) is 6.92 Å². The molecule has 0 aliphatic carbocycles. The number of halogens is 3. The zero-order valence-electron chi connectivity index (χ0n) is 11.9. The van der Waals surface area contributed by atoms with Crippen molar-refractivity contribution in [3.63, 3.8) is 0 Å². The molecule has 0 saturated heterocycles. The largest absolute Gasteiger partial charge is 0.391 e. The van der Waals surface area contributed by atoms with E-state index in [1.54, 1.807) is 0 Å². The van der Waals surface area contributed by atoms with Gasteiger partial charge < -0.3 is 11.1 Å². The normalized spacial score (nSPS) is 14.3. The van der Waals surface area contributed by atoms with Crippen LogP contribution >= 0.6 is 0 Å². The Morgan fingerprint density at radius 3 is 2.00 bits per heavy atom. The molecule has 3 N–H and O–H groups in total. The first kappa shape index (κ1) is 18.2. The number of nitrogens with one attached hydrogen (secondary N) is 1. The molecule has 0 radical (unpaired) electrons. The number of hydrogen-bond acceptors (Lipinski definition) is 2. The Hall–Kier alpha value is -0.780. The van der Waals surface area contributed by atoms with E-state index in [0.717, 1.165) is 12.8 Å². The summed E-state index contributed by atoms with van der Waals surface area (Å²) in [5, 5.41) is 2.46. The first-order chi connectivity index (χ1) is 8.70. The van der Waals surface area contributed by atoms with Gasteiger partial charge >= 0.3 is 6.18 Å². The molecule has 114 valence electrons. The average Bonchev–Trinajstić information content (AvgIpc) is 2.25. The highest BCUT2D eigenvalue weighted by Crippen LogP contribution is 2.30. The number of hydrogen-bond donors (Lipinski definition) is 2. The summed E-state index contributed by atoms with van der Waals surface area (Å²) < 4.78 is 36.8. The molecule has 0 aliphatic rings. The smallest absolute Gasteiger partial charge is 0.353 e. The summed E-state index contributed by atoms with van der Waals surface area (Å²) in [5.74, 6) is -0.351. The fourth-order valence-electron chi connectivity index (χ4n) is 2.38. The molecule has 0 aromatic heterocycles. The van der Waals surface area contributed by atoms with E-state index in [9.17, 15) is 18.0 Å². The van der Waals surface area contributed by atoms with Gasteiger partial charge in [0, 0.05) is 12.6 Å². The lowest BCUT2D eigenvalue weighted by Crippen LogP contribution is -2.49. The molecule has 6 heteroatoms. The lowest BCUT2D eigenvalue weighted by molar-refractivity contribution is -0.144. The first-order valence-corrected chi connectivity index (χ1v) is 6.78. The first-order valence-electron chi connectivity index (χ1n) is 6.78. The number of carbonyl (C=O) groups is 1. The maximum atomic E-state index is 12.3. The molecule has 1 atom stereocenters. The second-order valence-electron chi connectivity index (χ2n) is 5.18. The van der Waals surface area contributed by atoms with Gasteiger partial charge in [0.05, 0.1) is 11.8 Å². The third-order valence-corrected chi connectivity index (χ3v) is 3.24. The minimum Gasteiger partial charge on any atom is -0.353 e. The van der Waals surface area contributed by atoms with Gasteiger partial charge in [0.25, 0.3) is 0 Å². The lowest BCUT2D eigenvalue weighted by Gasteiger charge is -2.32. The van der Waals surface area contributed by atoms with Crippen LogP contribution in [-0.4, -0.2) is 24.7 Å². The molecule has 0 aromatic carbocycles. The summed E-state index contributed by atoms with van der Waals surface area (Å²) in [5.41, 5.74) is 4.97. The Balaban J connectivity index is 4.72. The molecule has 0 saturated carbocycles. The van der Waals surface area contributed by atoms with Gasteiger partial charge in [0.1, 0.15) is 0 Å². The number of alkyl halides is 3. The van der Waals surface area contributed by atoms with Crippen molar-refractivity contribution in [3.8, 4) is 0 Å². The SMILES string of the molecule is CCCC(CN)(CCC)C(=O)NC(C)CC(F)(F)F. The van der Waals surface area contributed by atoms with E-state index in [-0.39, 0.29) is 12.5 Å². The quantitative estimate of drug-likeness (QED) is 0.719. The van der Waals surface area contributed by atoms with Crippen LogP contribution < -0.4 is 11.1 Å². The molecular weight excluding hydrogens is 257 g/mol. The van der Waals surface area contributed by atoms with Crippen molar-refractivity contribution < 1.29 is 18.0 Å². The van der Waals surface area contributed by atoms with Gasteiger partial charge in [-0.05, 0) is 19.8 Å². The molecule has 0 spiro atoms. The standard InChI is InChI=1S/C13H25F3N2O/c1-4-6-12(9-17,7-5-2)11(19)18-10(3)8-13(14,15)16/h10H,4-9,17H2,1-3H3,(H,18,19). The molecular formula is C13H25F3N2O. The number of nitrogens with two attached hydrogens (primary N) is 1. The Morgan fingerprint density at radius 1 is 1.21 bits per heavy atom. The van der Waals surface area contributed by atoms with Crippen LogP contribution in [0.2, 0.25) is 0 Å². The van der Waals surface area contributed by atoms with Crippen LogP contribution in [-0.2, 0) is 4.79 Å². The van der Waals surface area contributed by atoms with E-state index >= 15 is 0 Å². The van der Waals surface area contributed by atoms with E-state index in [2.05, 4.69) is 5.32 Å². The molecule has 0 aromatic rings. The van der Waals surface area contributed by atoms with E-state index in [0.29, 0.717) is 12.8 Å². The summed E-state index contributed by atoms with van der Waals surface area (Å²) in [7, 11) is 0. The van der Waals surface area contributed by atoms with Crippen LogP contribution in [0.1, 0.15) is 52.9 Å². The molecule has 1 amide bonds. The molecule has 0 fully saturated rings. The van der Waals surface area contributed by atoms with Crippen molar-refractivity contribution in [1.82, 2.24) is 5.32 Å². The van der Waals surface area contributed by atoms with Crippen LogP contribution in [0.25, 0.3) is 0 Å². The summed E-state index contributed by atoms with van der Waals surface area (Å²) in [6.45, 7) is 5.41. The van der Waals surface area contributed by atoms with Gasteiger partial charge in [0.15, 0.2) is 0 Å². The van der Waals surface area contributed by atoms with Crippen LogP contribution in [0.5, 0.6) is 0 Å². The zero-order chi connectivity index (χ0) is 15.1. The fraction of sp³-hybridized carbons (Fsp3) is 0.923. The molecule has 0 heterocycles. The van der Waals surface area contributed by atoms with Crippen molar-refractivity contribution in [1.29, 1.82) is 0 Å². The van der Waals surface area contributed by atoms with Gasteiger partial charge in [-0.25, -0.2) is 0 Å². The van der Waals surface area contributed by atoms with Crippen LogP contribution in [0.15, 0.2) is 0 Å². The second-order valence-corrected chi connectivity index (χ2v) is 5.18. The maximum Gasteiger partial charge on any atom is 0.391 e.